The Balaban J connectivity index is 2.25. The highest BCUT2D eigenvalue weighted by Gasteiger charge is 2.12. The van der Waals surface area contributed by atoms with E-state index in [0.29, 0.717) is 5.56 Å². The molecule has 0 aliphatic rings. The Labute approximate surface area is 128 Å². The van der Waals surface area contributed by atoms with Gasteiger partial charge in [-0.1, -0.05) is 15.9 Å². The third kappa shape index (κ3) is 3.66. The highest BCUT2D eigenvalue weighted by atomic mass is 79.9. The van der Waals surface area contributed by atoms with Crippen molar-refractivity contribution < 1.29 is 19.1 Å². The molecule has 0 atom stereocenters. The summed E-state index contributed by atoms with van der Waals surface area (Å²) in [4.78, 5) is 22.8. The van der Waals surface area contributed by atoms with Crippen molar-refractivity contribution in [1.82, 2.24) is 0 Å². The summed E-state index contributed by atoms with van der Waals surface area (Å²) in [5.41, 5.74) is 1.02. The quantitative estimate of drug-likeness (QED) is 0.882. The fourth-order valence-corrected chi connectivity index (χ4v) is 2.42. The number of carboxylic acids is 1. The predicted molar refractivity (Wildman–Crippen MR) is 80.2 cm³/mol. The average molecular weight is 352 g/mol. The van der Waals surface area contributed by atoms with Crippen molar-refractivity contribution in [3.63, 3.8) is 0 Å². The lowest BCUT2D eigenvalue weighted by atomic mass is 10.1. The molecule has 0 saturated carbocycles. The summed E-state index contributed by atoms with van der Waals surface area (Å²) in [7, 11) is 0. The molecule has 0 radical (unpaired) electrons. The van der Waals surface area contributed by atoms with Gasteiger partial charge >= 0.3 is 5.97 Å². The number of carbonyl (C=O) groups is 2. The van der Waals surface area contributed by atoms with Gasteiger partial charge in [-0.15, -0.1) is 0 Å². The summed E-state index contributed by atoms with van der Waals surface area (Å²) in [5, 5.41) is 11.2. The van der Waals surface area contributed by atoms with Gasteiger partial charge in [0.05, 0.1) is 11.3 Å². The highest BCUT2D eigenvalue weighted by molar-refractivity contribution is 9.10. The van der Waals surface area contributed by atoms with Gasteiger partial charge in [-0.2, -0.15) is 0 Å². The Hall–Kier alpha value is -2.21. The van der Waals surface area contributed by atoms with E-state index in [1.165, 1.54) is 12.1 Å². The van der Waals surface area contributed by atoms with Gasteiger partial charge < -0.3 is 10.4 Å². The van der Waals surface area contributed by atoms with Crippen LogP contribution in [0.4, 0.5) is 10.1 Å². The summed E-state index contributed by atoms with van der Waals surface area (Å²) in [6.07, 6.45) is 0. The molecule has 0 fully saturated rings. The van der Waals surface area contributed by atoms with Crippen LogP contribution in [0.2, 0.25) is 0 Å². The molecular formula is C15H11BrFNO3. The van der Waals surface area contributed by atoms with Crippen LogP contribution in [-0.2, 0) is 0 Å². The summed E-state index contributed by atoms with van der Waals surface area (Å²) >= 11 is 3.29. The molecule has 2 aromatic carbocycles. The number of carbonyl (C=O) groups excluding carboxylic acids is 1. The number of hydrogen-bond donors (Lipinski definition) is 2. The van der Waals surface area contributed by atoms with Gasteiger partial charge in [-0.05, 0) is 48.9 Å². The molecule has 1 amide bonds. The summed E-state index contributed by atoms with van der Waals surface area (Å²) in [5.74, 6) is -2.49. The third-order valence-corrected chi connectivity index (χ3v) is 3.23. The zero-order valence-electron chi connectivity index (χ0n) is 11.0. The van der Waals surface area contributed by atoms with Crippen LogP contribution in [0.1, 0.15) is 26.3 Å². The van der Waals surface area contributed by atoms with Crippen molar-refractivity contribution in [2.45, 2.75) is 6.92 Å². The molecule has 2 N–H and O–H groups in total. The van der Waals surface area contributed by atoms with Crippen LogP contribution in [0.25, 0.3) is 0 Å². The minimum atomic E-state index is -1.23. The van der Waals surface area contributed by atoms with E-state index in [2.05, 4.69) is 21.2 Å². The monoisotopic (exact) mass is 351 g/mol. The molecular weight excluding hydrogens is 341 g/mol. The van der Waals surface area contributed by atoms with E-state index in [1.54, 1.807) is 12.1 Å². The molecule has 0 bridgehead atoms. The number of hydrogen-bond acceptors (Lipinski definition) is 2. The van der Waals surface area contributed by atoms with Crippen LogP contribution >= 0.6 is 15.9 Å². The Morgan fingerprint density at radius 3 is 2.43 bits per heavy atom. The van der Waals surface area contributed by atoms with Crippen LogP contribution in [0.5, 0.6) is 0 Å². The molecule has 0 aromatic heterocycles. The Bertz CT molecular complexity index is 711. The number of anilines is 1. The van der Waals surface area contributed by atoms with E-state index in [4.69, 9.17) is 5.11 Å². The average Bonchev–Trinajstić information content (AvgIpc) is 2.39. The lowest BCUT2D eigenvalue weighted by Gasteiger charge is -2.08. The molecule has 0 aliphatic heterocycles. The van der Waals surface area contributed by atoms with Crippen molar-refractivity contribution in [1.29, 1.82) is 0 Å². The van der Waals surface area contributed by atoms with Crippen molar-refractivity contribution >= 4 is 33.5 Å². The highest BCUT2D eigenvalue weighted by Crippen LogP contribution is 2.19. The lowest BCUT2D eigenvalue weighted by Crippen LogP contribution is -2.13. The van der Waals surface area contributed by atoms with Gasteiger partial charge in [-0.3, -0.25) is 4.79 Å². The van der Waals surface area contributed by atoms with Gasteiger partial charge in [-0.25, -0.2) is 9.18 Å². The van der Waals surface area contributed by atoms with Crippen molar-refractivity contribution in [2.75, 3.05) is 5.32 Å². The van der Waals surface area contributed by atoms with Crippen molar-refractivity contribution in [2.24, 2.45) is 0 Å². The second-order valence-corrected chi connectivity index (χ2v) is 5.39. The molecule has 2 rings (SSSR count). The Morgan fingerprint density at radius 1 is 1.14 bits per heavy atom. The number of amides is 1. The predicted octanol–water partition coefficient (Wildman–Crippen LogP) is 3.85. The van der Waals surface area contributed by atoms with Gasteiger partial charge in [0, 0.05) is 10.0 Å². The topological polar surface area (TPSA) is 66.4 Å². The van der Waals surface area contributed by atoms with E-state index < -0.39 is 17.7 Å². The molecule has 2 aromatic rings. The van der Waals surface area contributed by atoms with E-state index in [0.717, 1.165) is 16.1 Å². The Kier molecular flexibility index (Phi) is 4.37. The summed E-state index contributed by atoms with van der Waals surface area (Å²) in [6, 6.07) is 8.45. The molecule has 6 heteroatoms. The molecule has 21 heavy (non-hydrogen) atoms. The molecule has 0 heterocycles. The van der Waals surface area contributed by atoms with Crippen LogP contribution in [-0.4, -0.2) is 17.0 Å². The molecule has 0 saturated heterocycles. The SMILES string of the molecule is Cc1cc(Br)cc(C(=O)Nc2ccc(C(=O)O)cc2F)c1. The summed E-state index contributed by atoms with van der Waals surface area (Å²) in [6.45, 7) is 1.84. The number of rotatable bonds is 3. The molecule has 0 aliphatic carbocycles. The second-order valence-electron chi connectivity index (χ2n) is 4.47. The first-order valence-corrected chi connectivity index (χ1v) is 6.77. The van der Waals surface area contributed by atoms with Gasteiger partial charge in [0.25, 0.3) is 5.91 Å². The first-order valence-electron chi connectivity index (χ1n) is 5.98. The zero-order chi connectivity index (χ0) is 15.6. The fourth-order valence-electron chi connectivity index (χ4n) is 1.81. The van der Waals surface area contributed by atoms with E-state index >= 15 is 0 Å². The maximum atomic E-state index is 13.8. The van der Waals surface area contributed by atoms with Gasteiger partial charge in [0.1, 0.15) is 5.82 Å². The largest absolute Gasteiger partial charge is 0.478 e. The lowest BCUT2D eigenvalue weighted by molar-refractivity contribution is 0.0696. The molecule has 108 valence electrons. The number of aromatic carboxylic acids is 1. The maximum Gasteiger partial charge on any atom is 0.335 e. The fraction of sp³-hybridized carbons (Fsp3) is 0.0667. The second kappa shape index (κ2) is 6.05. The van der Waals surface area contributed by atoms with Crippen molar-refractivity contribution in [3.8, 4) is 0 Å². The zero-order valence-corrected chi connectivity index (χ0v) is 12.6. The van der Waals surface area contributed by atoms with Gasteiger partial charge in [0.15, 0.2) is 0 Å². The van der Waals surface area contributed by atoms with Crippen LogP contribution in [0.15, 0.2) is 40.9 Å². The van der Waals surface area contributed by atoms with Crippen molar-refractivity contribution in [3.05, 3.63) is 63.4 Å². The van der Waals surface area contributed by atoms with E-state index in [1.807, 2.05) is 13.0 Å². The molecule has 0 spiro atoms. The Morgan fingerprint density at radius 2 is 1.86 bits per heavy atom. The number of carboxylic acid groups (broad SMARTS) is 1. The molecule has 0 unspecified atom stereocenters. The van der Waals surface area contributed by atoms with E-state index in [9.17, 15) is 14.0 Å². The first kappa shape index (κ1) is 15.2. The van der Waals surface area contributed by atoms with Crippen LogP contribution in [0.3, 0.4) is 0 Å². The number of benzene rings is 2. The minimum Gasteiger partial charge on any atom is -0.478 e. The standard InChI is InChI=1S/C15H11BrFNO3/c1-8-4-10(6-11(16)5-8)14(19)18-13-3-2-9(15(20)21)7-12(13)17/h2-7H,1H3,(H,18,19)(H,20,21). The first-order chi connectivity index (χ1) is 9.86. The molecule has 4 nitrogen and oxygen atoms in total. The third-order valence-electron chi connectivity index (χ3n) is 2.77. The maximum absolute atomic E-state index is 13.8. The van der Waals surface area contributed by atoms with E-state index in [-0.39, 0.29) is 11.3 Å². The van der Waals surface area contributed by atoms with Gasteiger partial charge in [0.2, 0.25) is 0 Å². The number of aryl methyl sites for hydroxylation is 1. The minimum absolute atomic E-state index is 0.0670. The summed E-state index contributed by atoms with van der Waals surface area (Å²) < 4.78 is 14.5. The normalized spacial score (nSPS) is 10.2. The number of halogens is 2. The van der Waals surface area contributed by atoms with Crippen LogP contribution in [0, 0.1) is 12.7 Å². The number of nitrogens with one attached hydrogen (secondary N) is 1. The smallest absolute Gasteiger partial charge is 0.335 e. The van der Waals surface area contributed by atoms with Crippen LogP contribution < -0.4 is 5.32 Å².